The maximum absolute atomic E-state index is 13.0. The lowest BCUT2D eigenvalue weighted by Crippen LogP contribution is -2.24. The molecule has 1 unspecified atom stereocenters. The number of nitrogens with zero attached hydrogens (tertiary/aromatic N) is 1. The topological polar surface area (TPSA) is 54.0 Å². The van der Waals surface area contributed by atoms with Crippen LogP contribution < -0.4 is 10.6 Å². The van der Waals surface area contributed by atoms with Crippen LogP contribution in [0.2, 0.25) is 0 Å². The first kappa shape index (κ1) is 27.9. The van der Waals surface area contributed by atoms with Gasteiger partial charge in [-0.1, -0.05) is 79.5 Å². The molecule has 0 radical (unpaired) electrons. The van der Waals surface area contributed by atoms with E-state index in [0.717, 1.165) is 16.8 Å². The van der Waals surface area contributed by atoms with Crippen LogP contribution in [-0.4, -0.2) is 15.7 Å². The summed E-state index contributed by atoms with van der Waals surface area (Å²) in [6, 6.07) is 7.90. The lowest BCUT2D eigenvalue weighted by atomic mass is 9.98. The fourth-order valence-corrected chi connectivity index (χ4v) is 3.55. The summed E-state index contributed by atoms with van der Waals surface area (Å²) in [6.07, 6.45) is 5.31. The molecule has 1 aromatic heterocycles. The van der Waals surface area contributed by atoms with Gasteiger partial charge in [0.25, 0.3) is 5.91 Å². The number of carbonyl (C=O) groups excluding carboxylic acids is 1. The number of benzene rings is 1. The predicted octanol–water partition coefficient (Wildman–Crippen LogP) is 7.52. The molecule has 2 aromatic rings. The molecule has 1 amide bonds. The number of rotatable bonds is 8. The lowest BCUT2D eigenvalue weighted by molar-refractivity contribution is 0.0949. The molecule has 0 bridgehead atoms. The number of anilines is 1. The number of allylic oxidation sites excluding steroid dienone is 3. The van der Waals surface area contributed by atoms with Gasteiger partial charge in [0.1, 0.15) is 11.6 Å². The number of pyridine rings is 1. The Balaban J connectivity index is 0.00000249. The molecular formula is C25H32BrClFN3O. The second kappa shape index (κ2) is 14.1. The summed E-state index contributed by atoms with van der Waals surface area (Å²) in [7, 11) is 0. The van der Waals surface area contributed by atoms with Gasteiger partial charge in [-0.3, -0.25) is 4.79 Å². The highest BCUT2D eigenvalue weighted by molar-refractivity contribution is 9.09. The van der Waals surface area contributed by atoms with E-state index in [1.54, 1.807) is 18.3 Å². The summed E-state index contributed by atoms with van der Waals surface area (Å²) < 4.78 is 13.0. The quantitative estimate of drug-likeness (QED) is 0.277. The summed E-state index contributed by atoms with van der Waals surface area (Å²) >= 11 is 9.82. The molecule has 0 fully saturated rings. The minimum Gasteiger partial charge on any atom is -0.348 e. The average molecular weight is 525 g/mol. The maximum Gasteiger partial charge on any atom is 0.253 e. The van der Waals surface area contributed by atoms with E-state index in [9.17, 15) is 9.18 Å². The highest BCUT2D eigenvalue weighted by Gasteiger charge is 2.16. The van der Waals surface area contributed by atoms with Gasteiger partial charge in [0.2, 0.25) is 0 Å². The highest BCUT2D eigenvalue weighted by atomic mass is 79.9. The third kappa shape index (κ3) is 8.75. The first-order valence-corrected chi connectivity index (χ1v) is 12.0. The van der Waals surface area contributed by atoms with Crippen molar-refractivity contribution >= 4 is 39.3 Å². The number of carbonyl (C=O) groups is 1. The Hall–Kier alpha value is -2.18. The monoisotopic (exact) mass is 523 g/mol. The SMILES string of the molecule is C/C=C(Nc1cc(C(C)C)c(C(=O)NCc2ccc(F)cc2)cn1)\C(Cl)=C/C(C)Br.CC. The van der Waals surface area contributed by atoms with Crippen LogP contribution in [0.5, 0.6) is 0 Å². The molecule has 0 aliphatic heterocycles. The van der Waals surface area contributed by atoms with Gasteiger partial charge in [-0.2, -0.15) is 0 Å². The number of alkyl halides is 1. The van der Waals surface area contributed by atoms with Gasteiger partial charge < -0.3 is 10.6 Å². The second-order valence-corrected chi connectivity index (χ2v) is 8.99. The Morgan fingerprint density at radius 2 is 1.84 bits per heavy atom. The van der Waals surface area contributed by atoms with Crippen molar-refractivity contribution in [2.75, 3.05) is 5.32 Å². The Morgan fingerprint density at radius 3 is 2.38 bits per heavy atom. The Bertz CT molecular complexity index is 941. The lowest BCUT2D eigenvalue weighted by Gasteiger charge is -2.16. The summed E-state index contributed by atoms with van der Waals surface area (Å²) in [5.74, 6) is 0.193. The third-order valence-corrected chi connectivity index (χ3v) is 4.95. The molecule has 0 aliphatic carbocycles. The van der Waals surface area contributed by atoms with E-state index in [2.05, 4.69) is 31.5 Å². The zero-order valence-corrected chi connectivity index (χ0v) is 21.8. The molecule has 2 N–H and O–H groups in total. The number of amides is 1. The fourth-order valence-electron chi connectivity index (χ4n) is 2.79. The van der Waals surface area contributed by atoms with Crippen molar-refractivity contribution < 1.29 is 9.18 Å². The van der Waals surface area contributed by atoms with Crippen molar-refractivity contribution in [3.63, 3.8) is 0 Å². The molecule has 0 saturated carbocycles. The minimum atomic E-state index is -0.305. The number of nitrogens with one attached hydrogen (secondary N) is 2. The fraction of sp³-hybridized carbons (Fsp3) is 0.360. The van der Waals surface area contributed by atoms with Gasteiger partial charge in [-0.05, 0) is 49.1 Å². The molecule has 7 heteroatoms. The van der Waals surface area contributed by atoms with Crippen molar-refractivity contribution in [3.8, 4) is 0 Å². The Morgan fingerprint density at radius 1 is 1.22 bits per heavy atom. The van der Waals surface area contributed by atoms with Crippen LogP contribution in [0.1, 0.15) is 68.9 Å². The van der Waals surface area contributed by atoms with Gasteiger partial charge in [0.05, 0.1) is 16.3 Å². The van der Waals surface area contributed by atoms with Gasteiger partial charge >= 0.3 is 0 Å². The van der Waals surface area contributed by atoms with Crippen molar-refractivity contribution in [2.45, 2.75) is 58.8 Å². The zero-order chi connectivity index (χ0) is 24.3. The van der Waals surface area contributed by atoms with Crippen LogP contribution in [-0.2, 0) is 6.54 Å². The minimum absolute atomic E-state index is 0.114. The van der Waals surface area contributed by atoms with E-state index in [1.807, 2.05) is 59.8 Å². The number of hydrogen-bond acceptors (Lipinski definition) is 3. The average Bonchev–Trinajstić information content (AvgIpc) is 2.77. The first-order chi connectivity index (χ1) is 15.2. The standard InChI is InChI=1S/C23H26BrClFN3O.C2H6/c1-5-21(20(25)10-15(4)24)29-22-11-18(14(2)3)19(13-27-22)23(30)28-12-16-6-8-17(26)9-7-16;1-2/h5-11,13-15H,12H2,1-4H3,(H,27,29)(H,28,30);1-2H3/b20-10+,21-5+;. The zero-order valence-electron chi connectivity index (χ0n) is 19.5. The summed E-state index contributed by atoms with van der Waals surface area (Å²) in [5.41, 5.74) is 2.94. The second-order valence-electron chi connectivity index (χ2n) is 7.14. The summed E-state index contributed by atoms with van der Waals surface area (Å²) in [5, 5.41) is 6.67. The normalized spacial score (nSPS) is 12.7. The number of halogens is 3. The van der Waals surface area contributed by atoms with Gasteiger partial charge in [-0.25, -0.2) is 9.37 Å². The molecule has 0 aliphatic rings. The largest absolute Gasteiger partial charge is 0.348 e. The molecule has 1 aromatic carbocycles. The summed E-state index contributed by atoms with van der Waals surface area (Å²) in [4.78, 5) is 17.3. The predicted molar refractivity (Wildman–Crippen MR) is 137 cm³/mol. The van der Waals surface area contributed by atoms with Crippen molar-refractivity contribution in [1.82, 2.24) is 10.3 Å². The van der Waals surface area contributed by atoms with E-state index in [0.29, 0.717) is 23.0 Å². The van der Waals surface area contributed by atoms with Gasteiger partial charge in [0, 0.05) is 17.6 Å². The first-order valence-electron chi connectivity index (χ1n) is 10.7. The van der Waals surface area contributed by atoms with Crippen molar-refractivity contribution in [2.24, 2.45) is 0 Å². The van der Waals surface area contributed by atoms with E-state index in [-0.39, 0.29) is 22.5 Å². The smallest absolute Gasteiger partial charge is 0.253 e. The van der Waals surface area contributed by atoms with Gasteiger partial charge in [0.15, 0.2) is 0 Å². The highest BCUT2D eigenvalue weighted by Crippen LogP contribution is 2.25. The van der Waals surface area contributed by atoms with Crippen LogP contribution in [0.15, 0.2) is 59.4 Å². The molecule has 32 heavy (non-hydrogen) atoms. The van der Waals surface area contributed by atoms with Crippen LogP contribution in [0.3, 0.4) is 0 Å². The molecule has 0 saturated heterocycles. The van der Waals surface area contributed by atoms with Gasteiger partial charge in [-0.15, -0.1) is 0 Å². The molecule has 1 heterocycles. The van der Waals surface area contributed by atoms with E-state index in [1.165, 1.54) is 12.1 Å². The molecular weight excluding hydrogens is 493 g/mol. The molecule has 174 valence electrons. The van der Waals surface area contributed by atoms with Crippen molar-refractivity contribution in [3.05, 3.63) is 81.9 Å². The molecule has 2 rings (SSSR count). The number of hydrogen-bond donors (Lipinski definition) is 2. The molecule has 1 atom stereocenters. The summed E-state index contributed by atoms with van der Waals surface area (Å²) in [6.45, 7) is 12.2. The van der Waals surface area contributed by atoms with Crippen LogP contribution in [0.25, 0.3) is 0 Å². The molecule has 0 spiro atoms. The van der Waals surface area contributed by atoms with E-state index >= 15 is 0 Å². The third-order valence-electron chi connectivity index (χ3n) is 4.35. The Kier molecular flexibility index (Phi) is 12.2. The van der Waals surface area contributed by atoms with Crippen molar-refractivity contribution in [1.29, 1.82) is 0 Å². The van der Waals surface area contributed by atoms with E-state index in [4.69, 9.17) is 11.6 Å². The van der Waals surface area contributed by atoms with E-state index < -0.39 is 0 Å². The Labute approximate surface area is 204 Å². The van der Waals surface area contributed by atoms with Crippen LogP contribution >= 0.6 is 27.5 Å². The maximum atomic E-state index is 13.0. The molecule has 4 nitrogen and oxygen atoms in total. The van der Waals surface area contributed by atoms with Crippen LogP contribution in [0.4, 0.5) is 10.2 Å². The number of aromatic nitrogens is 1. The van der Waals surface area contributed by atoms with Crippen LogP contribution in [0, 0.1) is 5.82 Å².